The number of benzene rings is 1. The maximum absolute atomic E-state index is 12.0. The second kappa shape index (κ2) is 7.58. The summed E-state index contributed by atoms with van der Waals surface area (Å²) >= 11 is 0. The molecule has 0 spiro atoms. The quantitative estimate of drug-likeness (QED) is 0.853. The fourth-order valence-corrected chi connectivity index (χ4v) is 2.00. The van der Waals surface area contributed by atoms with E-state index in [-0.39, 0.29) is 11.8 Å². The Labute approximate surface area is 135 Å². The number of aromatic nitrogens is 1. The van der Waals surface area contributed by atoms with E-state index in [2.05, 4.69) is 29.6 Å². The molecular weight excluding hydrogens is 294 g/mol. The number of amides is 2. The molecule has 0 aliphatic carbocycles. The minimum Gasteiger partial charge on any atom is -0.361 e. The van der Waals surface area contributed by atoms with Gasteiger partial charge in [-0.15, -0.1) is 0 Å². The van der Waals surface area contributed by atoms with Crippen molar-refractivity contribution in [1.29, 1.82) is 0 Å². The molecule has 0 radical (unpaired) electrons. The van der Waals surface area contributed by atoms with Crippen molar-refractivity contribution in [3.63, 3.8) is 0 Å². The van der Waals surface area contributed by atoms with E-state index in [1.165, 1.54) is 6.20 Å². The zero-order valence-corrected chi connectivity index (χ0v) is 13.6. The first kappa shape index (κ1) is 16.7. The van der Waals surface area contributed by atoms with Gasteiger partial charge in [0.1, 0.15) is 11.3 Å². The van der Waals surface area contributed by atoms with Crippen LogP contribution in [0.1, 0.15) is 42.8 Å². The molecule has 0 saturated carbocycles. The van der Waals surface area contributed by atoms with Crippen LogP contribution in [0, 0.1) is 12.8 Å². The fraction of sp³-hybridized carbons (Fsp3) is 0.353. The van der Waals surface area contributed by atoms with Crippen molar-refractivity contribution < 1.29 is 14.1 Å². The molecule has 6 nitrogen and oxygen atoms in total. The molecule has 2 aromatic rings. The second-order valence-corrected chi connectivity index (χ2v) is 5.81. The van der Waals surface area contributed by atoms with Crippen molar-refractivity contribution in [3.8, 4) is 0 Å². The van der Waals surface area contributed by atoms with E-state index in [9.17, 15) is 9.59 Å². The largest absolute Gasteiger partial charge is 0.361 e. The topological polar surface area (TPSA) is 84.2 Å². The lowest BCUT2D eigenvalue weighted by molar-refractivity contribution is -0.116. The van der Waals surface area contributed by atoms with Gasteiger partial charge in [0, 0.05) is 17.8 Å². The third-order valence-corrected chi connectivity index (χ3v) is 3.37. The molecule has 0 aliphatic heterocycles. The first-order valence-electron chi connectivity index (χ1n) is 7.58. The molecule has 1 aromatic carbocycles. The highest BCUT2D eigenvalue weighted by Gasteiger charge is 2.13. The maximum Gasteiger partial charge on any atom is 0.260 e. The Kier molecular flexibility index (Phi) is 5.51. The maximum atomic E-state index is 12.0. The van der Waals surface area contributed by atoms with Crippen LogP contribution in [0.25, 0.3) is 0 Å². The molecule has 6 heteroatoms. The van der Waals surface area contributed by atoms with E-state index in [0.29, 0.717) is 35.0 Å². The minimum absolute atomic E-state index is 0.00409. The van der Waals surface area contributed by atoms with Crippen LogP contribution in [0.15, 0.2) is 35.0 Å². The number of nitrogens with one attached hydrogen (secondary N) is 2. The van der Waals surface area contributed by atoms with Crippen LogP contribution >= 0.6 is 0 Å². The fourth-order valence-electron chi connectivity index (χ4n) is 2.00. The summed E-state index contributed by atoms with van der Waals surface area (Å²) in [6, 6.07) is 6.98. The minimum atomic E-state index is -0.280. The van der Waals surface area contributed by atoms with E-state index in [1.807, 2.05) is 0 Å². The highest BCUT2D eigenvalue weighted by molar-refractivity contribution is 6.04. The summed E-state index contributed by atoms with van der Waals surface area (Å²) in [4.78, 5) is 23.8. The van der Waals surface area contributed by atoms with Crippen molar-refractivity contribution in [1.82, 2.24) is 5.16 Å². The van der Waals surface area contributed by atoms with Gasteiger partial charge in [0.2, 0.25) is 5.91 Å². The Morgan fingerprint density at radius 1 is 1.13 bits per heavy atom. The van der Waals surface area contributed by atoms with Crippen molar-refractivity contribution >= 4 is 23.2 Å². The predicted octanol–water partition coefficient (Wildman–Crippen LogP) is 3.61. The highest BCUT2D eigenvalue weighted by atomic mass is 16.5. The number of nitrogens with zero attached hydrogens (tertiary/aromatic N) is 1. The number of carbonyl (C=O) groups excluding carboxylic acids is 2. The molecule has 0 aliphatic rings. The summed E-state index contributed by atoms with van der Waals surface area (Å²) in [6.07, 6.45) is 2.75. The van der Waals surface area contributed by atoms with Crippen LogP contribution in [0.2, 0.25) is 0 Å². The molecule has 0 unspecified atom stereocenters. The van der Waals surface area contributed by atoms with Crippen LogP contribution in [-0.4, -0.2) is 17.0 Å². The first-order chi connectivity index (χ1) is 11.0. The number of aryl methyl sites for hydroxylation is 1. The standard InChI is InChI=1S/C17H21N3O3/c1-11(2)4-9-16(21)19-13-5-7-14(8-6-13)20-17(22)15-10-18-23-12(15)3/h5-8,10-11H,4,9H2,1-3H3,(H,19,21)(H,20,22). The number of rotatable bonds is 6. The molecular formula is C17H21N3O3. The van der Waals surface area contributed by atoms with Gasteiger partial charge in [-0.2, -0.15) is 0 Å². The second-order valence-electron chi connectivity index (χ2n) is 5.81. The Morgan fingerprint density at radius 2 is 1.74 bits per heavy atom. The van der Waals surface area contributed by atoms with Gasteiger partial charge in [-0.1, -0.05) is 19.0 Å². The Balaban J connectivity index is 1.91. The molecule has 0 fully saturated rings. The zero-order chi connectivity index (χ0) is 16.8. The molecule has 23 heavy (non-hydrogen) atoms. The predicted molar refractivity (Wildman–Crippen MR) is 88.3 cm³/mol. The van der Waals surface area contributed by atoms with Gasteiger partial charge in [0.25, 0.3) is 5.91 Å². The zero-order valence-electron chi connectivity index (χ0n) is 13.6. The molecule has 2 N–H and O–H groups in total. The average Bonchev–Trinajstić information content (AvgIpc) is 2.93. The van der Waals surface area contributed by atoms with E-state index >= 15 is 0 Å². The molecule has 1 heterocycles. The van der Waals surface area contributed by atoms with Gasteiger partial charge in [-0.3, -0.25) is 9.59 Å². The lowest BCUT2D eigenvalue weighted by Crippen LogP contribution is -2.13. The van der Waals surface area contributed by atoms with E-state index < -0.39 is 0 Å². The van der Waals surface area contributed by atoms with E-state index in [0.717, 1.165) is 6.42 Å². The van der Waals surface area contributed by atoms with Crippen LogP contribution < -0.4 is 10.6 Å². The normalized spacial score (nSPS) is 10.6. The summed E-state index contributed by atoms with van der Waals surface area (Å²) < 4.78 is 4.87. The SMILES string of the molecule is Cc1oncc1C(=O)Nc1ccc(NC(=O)CCC(C)C)cc1. The average molecular weight is 315 g/mol. The van der Waals surface area contributed by atoms with Gasteiger partial charge in [-0.05, 0) is 43.5 Å². The van der Waals surface area contributed by atoms with E-state index in [4.69, 9.17) is 4.52 Å². The molecule has 0 saturated heterocycles. The number of hydrogen-bond donors (Lipinski definition) is 2. The molecule has 122 valence electrons. The Morgan fingerprint density at radius 3 is 2.26 bits per heavy atom. The van der Waals surface area contributed by atoms with Crippen molar-refractivity contribution in [3.05, 3.63) is 41.8 Å². The van der Waals surface area contributed by atoms with Gasteiger partial charge in [-0.25, -0.2) is 0 Å². The van der Waals surface area contributed by atoms with Gasteiger partial charge in [0.05, 0.1) is 6.20 Å². The number of anilines is 2. The lowest BCUT2D eigenvalue weighted by Gasteiger charge is -2.08. The molecule has 2 rings (SSSR count). The molecule has 0 bridgehead atoms. The summed E-state index contributed by atoms with van der Waals surface area (Å²) in [5, 5.41) is 9.17. The Bertz CT molecular complexity index is 675. The van der Waals surface area contributed by atoms with Gasteiger partial charge >= 0.3 is 0 Å². The smallest absolute Gasteiger partial charge is 0.260 e. The Hall–Kier alpha value is -2.63. The van der Waals surface area contributed by atoms with Gasteiger partial charge < -0.3 is 15.2 Å². The molecule has 0 atom stereocenters. The molecule has 1 aromatic heterocycles. The van der Waals surface area contributed by atoms with E-state index in [1.54, 1.807) is 31.2 Å². The van der Waals surface area contributed by atoms with Gasteiger partial charge in [0.15, 0.2) is 0 Å². The first-order valence-corrected chi connectivity index (χ1v) is 7.58. The van der Waals surface area contributed by atoms with Crippen molar-refractivity contribution in [2.45, 2.75) is 33.6 Å². The lowest BCUT2D eigenvalue weighted by atomic mass is 10.1. The van der Waals surface area contributed by atoms with Crippen molar-refractivity contribution in [2.24, 2.45) is 5.92 Å². The number of carbonyl (C=O) groups is 2. The van der Waals surface area contributed by atoms with Crippen LogP contribution in [0.3, 0.4) is 0 Å². The summed E-state index contributed by atoms with van der Waals surface area (Å²) in [5.74, 6) is 0.684. The summed E-state index contributed by atoms with van der Waals surface area (Å²) in [6.45, 7) is 5.85. The van der Waals surface area contributed by atoms with Crippen LogP contribution in [-0.2, 0) is 4.79 Å². The third kappa shape index (κ3) is 4.95. The third-order valence-electron chi connectivity index (χ3n) is 3.37. The molecule has 2 amide bonds. The summed E-state index contributed by atoms with van der Waals surface area (Å²) in [5.41, 5.74) is 1.74. The number of hydrogen-bond acceptors (Lipinski definition) is 4. The monoisotopic (exact) mass is 315 g/mol. The van der Waals surface area contributed by atoms with Crippen molar-refractivity contribution in [2.75, 3.05) is 10.6 Å². The van der Waals surface area contributed by atoms with Crippen LogP contribution in [0.4, 0.5) is 11.4 Å². The summed E-state index contributed by atoms with van der Waals surface area (Å²) in [7, 11) is 0. The van der Waals surface area contributed by atoms with Crippen LogP contribution in [0.5, 0.6) is 0 Å². The highest BCUT2D eigenvalue weighted by Crippen LogP contribution is 2.16.